The molecule has 96 valence electrons. The summed E-state index contributed by atoms with van der Waals surface area (Å²) in [5, 5.41) is 1.36. The first-order valence-corrected chi connectivity index (χ1v) is 6.95. The van der Waals surface area contributed by atoms with Crippen LogP contribution in [0.15, 0.2) is 24.3 Å². The number of rotatable bonds is 1. The normalized spacial score (nSPS) is 11.2. The van der Waals surface area contributed by atoms with E-state index in [4.69, 9.17) is 11.6 Å². The third kappa shape index (κ3) is 2.11. The highest BCUT2D eigenvalue weighted by atomic mass is 35.5. The molecule has 0 amide bonds. The van der Waals surface area contributed by atoms with Crippen molar-refractivity contribution in [3.05, 3.63) is 45.7 Å². The lowest BCUT2D eigenvalue weighted by atomic mass is 10.2. The van der Waals surface area contributed by atoms with E-state index in [0.29, 0.717) is 11.0 Å². The Bertz CT molecular complexity index is 765. The van der Waals surface area contributed by atoms with E-state index in [0.717, 1.165) is 21.3 Å². The van der Waals surface area contributed by atoms with Crippen LogP contribution in [0.2, 0.25) is 5.15 Å². The maximum absolute atomic E-state index is 12.9. The van der Waals surface area contributed by atoms with Gasteiger partial charge in [-0.2, -0.15) is 0 Å². The Morgan fingerprint density at radius 2 is 1.79 bits per heavy atom. The SMILES string of the molecule is Cc1sc2nc(-c3ccc(F)cc3)nc(Cl)c2c1C. The number of aromatic nitrogens is 2. The van der Waals surface area contributed by atoms with E-state index in [1.54, 1.807) is 23.5 Å². The van der Waals surface area contributed by atoms with Crippen molar-refractivity contribution in [1.82, 2.24) is 9.97 Å². The Labute approximate surface area is 118 Å². The summed E-state index contributed by atoms with van der Waals surface area (Å²) in [6.45, 7) is 4.05. The first-order chi connectivity index (χ1) is 9.06. The van der Waals surface area contributed by atoms with Gasteiger partial charge in [-0.3, -0.25) is 0 Å². The van der Waals surface area contributed by atoms with Crippen molar-refractivity contribution in [2.75, 3.05) is 0 Å². The highest BCUT2D eigenvalue weighted by molar-refractivity contribution is 7.18. The molecule has 0 N–H and O–H groups in total. The smallest absolute Gasteiger partial charge is 0.162 e. The Kier molecular flexibility index (Phi) is 2.99. The molecule has 0 spiro atoms. The Morgan fingerprint density at radius 1 is 1.11 bits per heavy atom. The molecule has 2 heterocycles. The molecule has 0 aliphatic heterocycles. The fraction of sp³-hybridized carbons (Fsp3) is 0.143. The van der Waals surface area contributed by atoms with Crippen LogP contribution in [0.3, 0.4) is 0 Å². The Morgan fingerprint density at radius 3 is 2.47 bits per heavy atom. The molecule has 0 unspecified atom stereocenters. The van der Waals surface area contributed by atoms with Gasteiger partial charge >= 0.3 is 0 Å². The Balaban J connectivity index is 2.23. The first-order valence-electron chi connectivity index (χ1n) is 5.75. The van der Waals surface area contributed by atoms with E-state index in [-0.39, 0.29) is 5.82 Å². The lowest BCUT2D eigenvalue weighted by molar-refractivity contribution is 0.628. The number of aryl methyl sites for hydroxylation is 2. The summed E-state index contributed by atoms with van der Waals surface area (Å²) in [4.78, 5) is 10.9. The second-order valence-electron chi connectivity index (χ2n) is 4.31. The molecule has 0 radical (unpaired) electrons. The zero-order chi connectivity index (χ0) is 13.6. The molecule has 0 saturated heterocycles. The number of hydrogen-bond donors (Lipinski definition) is 0. The minimum Gasteiger partial charge on any atom is -0.217 e. The first kappa shape index (κ1) is 12.5. The number of benzene rings is 1. The van der Waals surface area contributed by atoms with Crippen LogP contribution in [0.1, 0.15) is 10.4 Å². The molecule has 0 aliphatic carbocycles. The molecule has 19 heavy (non-hydrogen) atoms. The highest BCUT2D eigenvalue weighted by Gasteiger charge is 2.14. The van der Waals surface area contributed by atoms with Gasteiger partial charge in [0, 0.05) is 10.4 Å². The maximum atomic E-state index is 12.9. The van der Waals surface area contributed by atoms with Crippen molar-refractivity contribution in [1.29, 1.82) is 0 Å². The number of fused-ring (bicyclic) bond motifs is 1. The third-order valence-corrected chi connectivity index (χ3v) is 4.46. The molecule has 3 rings (SSSR count). The lowest BCUT2D eigenvalue weighted by Crippen LogP contribution is -1.90. The van der Waals surface area contributed by atoms with E-state index >= 15 is 0 Å². The largest absolute Gasteiger partial charge is 0.217 e. The van der Waals surface area contributed by atoms with Gasteiger partial charge in [0.15, 0.2) is 5.82 Å². The van der Waals surface area contributed by atoms with E-state index < -0.39 is 0 Å². The summed E-state index contributed by atoms with van der Waals surface area (Å²) in [5.74, 6) is 0.248. The predicted octanol–water partition coefficient (Wildman–Crippen LogP) is 4.77. The molecule has 0 saturated carbocycles. The summed E-state index contributed by atoms with van der Waals surface area (Å²) in [7, 11) is 0. The molecular weight excluding hydrogens is 283 g/mol. The van der Waals surface area contributed by atoms with Gasteiger partial charge in [0.2, 0.25) is 0 Å². The number of halogens is 2. The van der Waals surface area contributed by atoms with Gasteiger partial charge in [-0.25, -0.2) is 14.4 Å². The minimum absolute atomic E-state index is 0.279. The van der Waals surface area contributed by atoms with Gasteiger partial charge in [0.25, 0.3) is 0 Å². The number of nitrogens with zero attached hydrogens (tertiary/aromatic N) is 2. The predicted molar refractivity (Wildman–Crippen MR) is 77.3 cm³/mol. The van der Waals surface area contributed by atoms with Crippen LogP contribution in [0, 0.1) is 19.7 Å². The standard InChI is InChI=1S/C14H10ClFN2S/c1-7-8(2)19-14-11(7)12(15)17-13(18-14)9-3-5-10(16)6-4-9/h3-6H,1-2H3. The highest BCUT2D eigenvalue weighted by Crippen LogP contribution is 2.34. The molecule has 3 aromatic rings. The lowest BCUT2D eigenvalue weighted by Gasteiger charge is -2.02. The molecule has 5 heteroatoms. The van der Waals surface area contributed by atoms with E-state index in [1.807, 2.05) is 13.8 Å². The second-order valence-corrected chi connectivity index (χ2v) is 5.87. The van der Waals surface area contributed by atoms with Crippen LogP contribution in [-0.2, 0) is 0 Å². The average Bonchev–Trinajstić information content (AvgIpc) is 2.66. The fourth-order valence-corrected chi connectivity index (χ4v) is 3.33. The van der Waals surface area contributed by atoms with Crippen molar-refractivity contribution in [2.45, 2.75) is 13.8 Å². The van der Waals surface area contributed by atoms with Crippen LogP contribution in [-0.4, -0.2) is 9.97 Å². The topological polar surface area (TPSA) is 25.8 Å². The van der Waals surface area contributed by atoms with Gasteiger partial charge < -0.3 is 0 Å². The van der Waals surface area contributed by atoms with Crippen molar-refractivity contribution < 1.29 is 4.39 Å². The molecule has 0 fully saturated rings. The number of hydrogen-bond acceptors (Lipinski definition) is 3. The fourth-order valence-electron chi connectivity index (χ4n) is 1.93. The van der Waals surface area contributed by atoms with Gasteiger partial charge in [0.05, 0.1) is 5.39 Å². The van der Waals surface area contributed by atoms with Gasteiger partial charge in [-0.05, 0) is 43.7 Å². The summed E-state index contributed by atoms with van der Waals surface area (Å²) in [6.07, 6.45) is 0. The summed E-state index contributed by atoms with van der Waals surface area (Å²) in [5.41, 5.74) is 1.88. The molecule has 2 aromatic heterocycles. The Hall–Kier alpha value is -1.52. The van der Waals surface area contributed by atoms with Crippen molar-refractivity contribution in [2.24, 2.45) is 0 Å². The maximum Gasteiger partial charge on any atom is 0.162 e. The van der Waals surface area contributed by atoms with E-state index in [1.165, 1.54) is 17.0 Å². The molecule has 1 aromatic carbocycles. The number of thiophene rings is 1. The molecule has 0 aliphatic rings. The van der Waals surface area contributed by atoms with Crippen LogP contribution < -0.4 is 0 Å². The monoisotopic (exact) mass is 292 g/mol. The second kappa shape index (κ2) is 4.54. The van der Waals surface area contributed by atoms with Crippen LogP contribution in [0.4, 0.5) is 4.39 Å². The third-order valence-electron chi connectivity index (χ3n) is 3.09. The molecular formula is C14H10ClFN2S. The van der Waals surface area contributed by atoms with Crippen molar-refractivity contribution in [3.8, 4) is 11.4 Å². The molecule has 0 bridgehead atoms. The summed E-state index contributed by atoms with van der Waals surface area (Å²) < 4.78 is 12.9. The van der Waals surface area contributed by atoms with Crippen molar-refractivity contribution >= 4 is 33.2 Å². The van der Waals surface area contributed by atoms with Crippen LogP contribution in [0.5, 0.6) is 0 Å². The zero-order valence-corrected chi connectivity index (χ0v) is 11.9. The average molecular weight is 293 g/mol. The van der Waals surface area contributed by atoms with Crippen LogP contribution >= 0.6 is 22.9 Å². The van der Waals surface area contributed by atoms with Gasteiger partial charge in [0.1, 0.15) is 15.8 Å². The quantitative estimate of drug-likeness (QED) is 0.604. The minimum atomic E-state index is -0.279. The van der Waals surface area contributed by atoms with Gasteiger partial charge in [-0.1, -0.05) is 11.6 Å². The summed E-state index contributed by atoms with van der Waals surface area (Å²) in [6, 6.07) is 6.09. The van der Waals surface area contributed by atoms with E-state index in [2.05, 4.69) is 9.97 Å². The van der Waals surface area contributed by atoms with E-state index in [9.17, 15) is 4.39 Å². The molecule has 0 atom stereocenters. The summed E-state index contributed by atoms with van der Waals surface area (Å²) >= 11 is 7.84. The zero-order valence-electron chi connectivity index (χ0n) is 10.4. The van der Waals surface area contributed by atoms with Gasteiger partial charge in [-0.15, -0.1) is 11.3 Å². The molecule has 2 nitrogen and oxygen atoms in total. The van der Waals surface area contributed by atoms with Crippen molar-refractivity contribution in [3.63, 3.8) is 0 Å². The van der Waals surface area contributed by atoms with Crippen LogP contribution in [0.25, 0.3) is 21.6 Å².